The summed E-state index contributed by atoms with van der Waals surface area (Å²) in [5, 5.41) is 7.03. The minimum atomic E-state index is 0.0604. The molecule has 128 valence electrons. The number of rotatable bonds is 6. The van der Waals surface area contributed by atoms with Crippen LogP contribution < -0.4 is 10.2 Å². The van der Waals surface area contributed by atoms with Gasteiger partial charge in [-0.05, 0) is 29.9 Å². The fourth-order valence-electron chi connectivity index (χ4n) is 3.41. The number of benzene rings is 1. The van der Waals surface area contributed by atoms with Gasteiger partial charge >= 0.3 is 0 Å². The molecule has 0 radical (unpaired) electrons. The lowest BCUT2D eigenvalue weighted by Gasteiger charge is -2.33. The van der Waals surface area contributed by atoms with Crippen LogP contribution in [0.15, 0.2) is 41.8 Å². The van der Waals surface area contributed by atoms with E-state index < -0.39 is 0 Å². The second-order valence-corrected chi connectivity index (χ2v) is 7.32. The summed E-state index contributed by atoms with van der Waals surface area (Å²) in [5.74, 6) is 0. The van der Waals surface area contributed by atoms with Crippen LogP contribution in [0.4, 0.5) is 5.00 Å². The number of fused-ring (bicyclic) bond motifs is 1. The average Bonchev–Trinajstić information content (AvgIpc) is 3.31. The SMILES string of the molecule is c1ccc([C@H](CN2CNCc3ccsc32)OCC2CCCO2)cc1. The molecule has 0 bridgehead atoms. The van der Waals surface area contributed by atoms with Gasteiger partial charge in [0, 0.05) is 18.7 Å². The standard InChI is InChI=1S/C19H24N2O2S/c1-2-5-15(6-3-1)18(23-13-17-7-4-9-22-17)12-21-14-20-11-16-8-10-24-19(16)21/h1-3,5-6,8,10,17-18,20H,4,7,9,11-14H2/t17?,18-/m0/s1. The lowest BCUT2D eigenvalue weighted by atomic mass is 10.1. The van der Waals surface area contributed by atoms with E-state index in [2.05, 4.69) is 52.0 Å². The highest BCUT2D eigenvalue weighted by Crippen LogP contribution is 2.32. The van der Waals surface area contributed by atoms with E-state index in [1.807, 2.05) is 11.3 Å². The molecule has 4 rings (SSSR count). The molecular weight excluding hydrogens is 320 g/mol. The molecule has 0 aliphatic carbocycles. The van der Waals surface area contributed by atoms with Crippen molar-refractivity contribution >= 4 is 16.3 Å². The van der Waals surface area contributed by atoms with Gasteiger partial charge in [0.15, 0.2) is 0 Å². The summed E-state index contributed by atoms with van der Waals surface area (Å²) in [6.45, 7) is 4.25. The van der Waals surface area contributed by atoms with E-state index in [0.29, 0.717) is 6.61 Å². The Bertz CT molecular complexity index is 640. The quantitative estimate of drug-likeness (QED) is 0.869. The van der Waals surface area contributed by atoms with Gasteiger partial charge < -0.3 is 14.4 Å². The lowest BCUT2D eigenvalue weighted by Crippen LogP contribution is -2.41. The lowest BCUT2D eigenvalue weighted by molar-refractivity contribution is -0.0189. The number of hydrogen-bond acceptors (Lipinski definition) is 5. The molecular formula is C19H24N2O2S. The van der Waals surface area contributed by atoms with E-state index in [1.165, 1.54) is 16.1 Å². The predicted octanol–water partition coefficient (Wildman–Crippen LogP) is 3.55. The van der Waals surface area contributed by atoms with Gasteiger partial charge in [0.25, 0.3) is 0 Å². The Balaban J connectivity index is 1.48. The number of thiophene rings is 1. The monoisotopic (exact) mass is 344 g/mol. The van der Waals surface area contributed by atoms with Crippen molar-refractivity contribution in [3.05, 3.63) is 52.9 Å². The number of anilines is 1. The summed E-state index contributed by atoms with van der Waals surface area (Å²) in [7, 11) is 0. The Morgan fingerprint density at radius 1 is 1.29 bits per heavy atom. The maximum Gasteiger partial charge on any atom is 0.100 e. The van der Waals surface area contributed by atoms with Crippen LogP contribution in [0.5, 0.6) is 0 Å². The van der Waals surface area contributed by atoms with Crippen molar-refractivity contribution in [1.29, 1.82) is 0 Å². The first-order valence-electron chi connectivity index (χ1n) is 8.70. The van der Waals surface area contributed by atoms with Gasteiger partial charge in [0.2, 0.25) is 0 Å². The molecule has 0 spiro atoms. The van der Waals surface area contributed by atoms with E-state index in [9.17, 15) is 0 Å². The maximum absolute atomic E-state index is 6.32. The minimum Gasteiger partial charge on any atom is -0.376 e. The van der Waals surface area contributed by atoms with Gasteiger partial charge in [-0.25, -0.2) is 0 Å². The fraction of sp³-hybridized carbons (Fsp3) is 0.474. The first-order valence-corrected chi connectivity index (χ1v) is 9.58. The summed E-state index contributed by atoms with van der Waals surface area (Å²) in [6.07, 6.45) is 2.58. The number of nitrogens with zero attached hydrogens (tertiary/aromatic N) is 1. The largest absolute Gasteiger partial charge is 0.376 e. The molecule has 5 heteroatoms. The van der Waals surface area contributed by atoms with Crippen LogP contribution in [0.1, 0.15) is 30.1 Å². The van der Waals surface area contributed by atoms with Gasteiger partial charge in [-0.2, -0.15) is 0 Å². The molecule has 2 aromatic rings. The van der Waals surface area contributed by atoms with Crippen LogP contribution >= 0.6 is 11.3 Å². The fourth-order valence-corrected chi connectivity index (χ4v) is 4.35. The summed E-state index contributed by atoms with van der Waals surface area (Å²) in [5.41, 5.74) is 2.62. The van der Waals surface area contributed by atoms with E-state index in [4.69, 9.17) is 9.47 Å². The van der Waals surface area contributed by atoms with Gasteiger partial charge in [-0.15, -0.1) is 11.3 Å². The third kappa shape index (κ3) is 3.64. The number of hydrogen-bond donors (Lipinski definition) is 1. The molecule has 24 heavy (non-hydrogen) atoms. The highest BCUT2D eigenvalue weighted by Gasteiger charge is 2.24. The van der Waals surface area contributed by atoms with E-state index in [-0.39, 0.29) is 12.2 Å². The third-order valence-electron chi connectivity index (χ3n) is 4.69. The van der Waals surface area contributed by atoms with Crippen molar-refractivity contribution in [3.8, 4) is 0 Å². The van der Waals surface area contributed by atoms with Crippen LogP contribution in [0, 0.1) is 0 Å². The first kappa shape index (κ1) is 16.1. The van der Waals surface area contributed by atoms with Crippen LogP contribution in [-0.4, -0.2) is 32.5 Å². The molecule has 1 aromatic heterocycles. The van der Waals surface area contributed by atoms with Gasteiger partial charge in [-0.1, -0.05) is 30.3 Å². The van der Waals surface area contributed by atoms with Crippen molar-refractivity contribution in [2.75, 3.05) is 31.3 Å². The molecule has 1 saturated heterocycles. The molecule has 0 amide bonds. The molecule has 3 heterocycles. The zero-order valence-electron chi connectivity index (χ0n) is 13.8. The first-order chi connectivity index (χ1) is 11.9. The third-order valence-corrected chi connectivity index (χ3v) is 5.71. The molecule has 1 N–H and O–H groups in total. The predicted molar refractivity (Wildman–Crippen MR) is 97.5 cm³/mol. The normalized spacial score (nSPS) is 21.7. The maximum atomic E-state index is 6.32. The molecule has 0 saturated carbocycles. The highest BCUT2D eigenvalue weighted by molar-refractivity contribution is 7.14. The Labute approximate surface area is 147 Å². The van der Waals surface area contributed by atoms with Gasteiger partial charge in [0.05, 0.1) is 30.9 Å². The molecule has 1 fully saturated rings. The number of nitrogens with one attached hydrogen (secondary N) is 1. The average molecular weight is 344 g/mol. The van der Waals surface area contributed by atoms with Crippen molar-refractivity contribution < 1.29 is 9.47 Å². The van der Waals surface area contributed by atoms with Crippen molar-refractivity contribution in [2.45, 2.75) is 31.6 Å². The Morgan fingerprint density at radius 2 is 2.21 bits per heavy atom. The zero-order chi connectivity index (χ0) is 16.2. The molecule has 2 aliphatic rings. The molecule has 1 aromatic carbocycles. The minimum absolute atomic E-state index is 0.0604. The van der Waals surface area contributed by atoms with E-state index in [1.54, 1.807) is 0 Å². The van der Waals surface area contributed by atoms with Crippen LogP contribution in [0.2, 0.25) is 0 Å². The molecule has 2 aliphatic heterocycles. The zero-order valence-corrected chi connectivity index (χ0v) is 14.6. The summed E-state index contributed by atoms with van der Waals surface area (Å²) >= 11 is 1.82. The molecule has 4 nitrogen and oxygen atoms in total. The summed E-state index contributed by atoms with van der Waals surface area (Å²) in [4.78, 5) is 2.40. The summed E-state index contributed by atoms with van der Waals surface area (Å²) < 4.78 is 12.0. The van der Waals surface area contributed by atoms with Gasteiger partial charge in [0.1, 0.15) is 6.10 Å². The van der Waals surface area contributed by atoms with Crippen molar-refractivity contribution in [2.24, 2.45) is 0 Å². The highest BCUT2D eigenvalue weighted by atomic mass is 32.1. The second kappa shape index (κ2) is 7.66. The Hall–Kier alpha value is -1.40. The van der Waals surface area contributed by atoms with Crippen molar-refractivity contribution in [1.82, 2.24) is 5.32 Å². The van der Waals surface area contributed by atoms with Gasteiger partial charge in [-0.3, -0.25) is 5.32 Å². The van der Waals surface area contributed by atoms with E-state index >= 15 is 0 Å². The Kier molecular flexibility index (Phi) is 5.13. The summed E-state index contributed by atoms with van der Waals surface area (Å²) in [6, 6.07) is 12.8. The second-order valence-electron chi connectivity index (χ2n) is 6.43. The van der Waals surface area contributed by atoms with Crippen LogP contribution in [0.3, 0.4) is 0 Å². The molecule has 1 unspecified atom stereocenters. The number of ether oxygens (including phenoxy) is 2. The topological polar surface area (TPSA) is 33.7 Å². The Morgan fingerprint density at radius 3 is 3.04 bits per heavy atom. The van der Waals surface area contributed by atoms with Crippen LogP contribution in [-0.2, 0) is 16.0 Å². The van der Waals surface area contributed by atoms with E-state index in [0.717, 1.165) is 39.2 Å². The van der Waals surface area contributed by atoms with Crippen molar-refractivity contribution in [3.63, 3.8) is 0 Å². The van der Waals surface area contributed by atoms with Crippen LogP contribution in [0.25, 0.3) is 0 Å². The smallest absolute Gasteiger partial charge is 0.100 e. The molecule has 2 atom stereocenters.